The number of nitrogens with zero attached hydrogens (tertiary/aromatic N) is 3. The lowest BCUT2D eigenvalue weighted by molar-refractivity contribution is 0.216. The van der Waals surface area contributed by atoms with Crippen LogP contribution in [0.3, 0.4) is 0 Å². The van der Waals surface area contributed by atoms with Crippen LogP contribution in [0, 0.1) is 5.82 Å². The van der Waals surface area contributed by atoms with Crippen LogP contribution in [0.5, 0.6) is 5.75 Å². The average Bonchev–Trinajstić information content (AvgIpc) is 2.61. The molecule has 2 aliphatic rings. The van der Waals surface area contributed by atoms with Gasteiger partial charge in [0.25, 0.3) is 0 Å². The third-order valence-corrected chi connectivity index (χ3v) is 4.16. The molecule has 3 rings (SSSR count). The number of ether oxygens (including phenoxy) is 1. The molecule has 0 radical (unpaired) electrons. The van der Waals surface area contributed by atoms with Crippen LogP contribution in [0.4, 0.5) is 10.2 Å². The van der Waals surface area contributed by atoms with Gasteiger partial charge in [0.05, 0.1) is 17.8 Å². The fourth-order valence-corrected chi connectivity index (χ4v) is 2.94. The molecule has 19 heavy (non-hydrogen) atoms. The van der Waals surface area contributed by atoms with Crippen LogP contribution < -0.4 is 9.64 Å². The van der Waals surface area contributed by atoms with E-state index in [1.54, 1.807) is 0 Å². The number of rotatable bonds is 1. The van der Waals surface area contributed by atoms with Gasteiger partial charge in [0.1, 0.15) is 0 Å². The molecule has 6 heteroatoms. The average molecular weight is 286 g/mol. The van der Waals surface area contributed by atoms with Crippen molar-refractivity contribution >= 4 is 17.4 Å². The van der Waals surface area contributed by atoms with Crippen LogP contribution in [-0.4, -0.2) is 48.7 Å². The molecule has 3 heterocycles. The number of fused-ring (bicyclic) bond motifs is 3. The predicted octanol–water partition coefficient (Wildman–Crippen LogP) is 2.17. The second-order valence-electron chi connectivity index (χ2n) is 4.95. The van der Waals surface area contributed by atoms with Crippen molar-refractivity contribution in [1.29, 1.82) is 0 Å². The summed E-state index contributed by atoms with van der Waals surface area (Å²) in [6, 6.07) is 0.336. The Morgan fingerprint density at radius 3 is 3.16 bits per heavy atom. The Labute approximate surface area is 117 Å². The molecule has 0 N–H and O–H groups in total. The van der Waals surface area contributed by atoms with Gasteiger partial charge in [-0.3, -0.25) is 4.90 Å². The molecule has 1 atom stereocenters. The van der Waals surface area contributed by atoms with E-state index in [1.165, 1.54) is 6.20 Å². The second kappa shape index (κ2) is 5.13. The third-order valence-electron chi connectivity index (χ3n) is 3.90. The van der Waals surface area contributed by atoms with Gasteiger partial charge in [-0.05, 0) is 6.54 Å². The zero-order chi connectivity index (χ0) is 13.4. The fraction of sp³-hybridized carbons (Fsp3) is 0.615. The van der Waals surface area contributed by atoms with Crippen LogP contribution in [0.15, 0.2) is 6.20 Å². The topological polar surface area (TPSA) is 28.6 Å². The van der Waals surface area contributed by atoms with E-state index in [0.29, 0.717) is 18.5 Å². The summed E-state index contributed by atoms with van der Waals surface area (Å²) in [5.74, 6) is 0.310. The first-order chi connectivity index (χ1) is 9.20. The minimum absolute atomic E-state index is 0.0180. The van der Waals surface area contributed by atoms with Crippen molar-refractivity contribution in [1.82, 2.24) is 9.88 Å². The number of anilines is 1. The van der Waals surface area contributed by atoms with Gasteiger partial charge in [-0.2, -0.15) is 0 Å². The molecule has 1 fully saturated rings. The lowest BCUT2D eigenvalue weighted by atomic mass is 10.1. The Morgan fingerprint density at radius 1 is 1.53 bits per heavy atom. The van der Waals surface area contributed by atoms with Crippen molar-refractivity contribution in [2.24, 2.45) is 0 Å². The van der Waals surface area contributed by atoms with E-state index in [2.05, 4.69) is 21.7 Å². The first-order valence-electron chi connectivity index (χ1n) is 6.66. The number of piperazine rings is 1. The van der Waals surface area contributed by atoms with Gasteiger partial charge in [-0.15, -0.1) is 0 Å². The zero-order valence-electron chi connectivity index (χ0n) is 10.9. The van der Waals surface area contributed by atoms with Crippen molar-refractivity contribution in [2.75, 3.05) is 37.7 Å². The first-order valence-corrected chi connectivity index (χ1v) is 7.04. The second-order valence-corrected chi connectivity index (χ2v) is 5.36. The van der Waals surface area contributed by atoms with E-state index in [4.69, 9.17) is 16.3 Å². The molecule has 0 aromatic carbocycles. The van der Waals surface area contributed by atoms with Crippen molar-refractivity contribution in [2.45, 2.75) is 19.4 Å². The van der Waals surface area contributed by atoms with E-state index < -0.39 is 5.82 Å². The maximum atomic E-state index is 14.0. The van der Waals surface area contributed by atoms with Gasteiger partial charge >= 0.3 is 0 Å². The molecule has 104 valence electrons. The lowest BCUT2D eigenvalue weighted by Gasteiger charge is -2.40. The highest BCUT2D eigenvalue weighted by Gasteiger charge is 2.33. The highest BCUT2D eigenvalue weighted by Crippen LogP contribution is 2.37. The van der Waals surface area contributed by atoms with Crippen molar-refractivity contribution in [3.63, 3.8) is 0 Å². The van der Waals surface area contributed by atoms with Gasteiger partial charge < -0.3 is 9.64 Å². The van der Waals surface area contributed by atoms with Crippen molar-refractivity contribution in [3.05, 3.63) is 17.0 Å². The molecular formula is C13H17ClFN3O. The third kappa shape index (κ3) is 2.25. The summed E-state index contributed by atoms with van der Waals surface area (Å²) in [4.78, 5) is 8.85. The molecule has 0 unspecified atom stereocenters. The summed E-state index contributed by atoms with van der Waals surface area (Å²) < 4.78 is 19.6. The number of hydrogen-bond acceptors (Lipinski definition) is 4. The van der Waals surface area contributed by atoms with E-state index in [1.807, 2.05) is 0 Å². The Morgan fingerprint density at radius 2 is 2.37 bits per heavy atom. The molecule has 0 spiro atoms. The van der Waals surface area contributed by atoms with E-state index in [9.17, 15) is 4.39 Å². The molecule has 1 saturated heterocycles. The maximum Gasteiger partial charge on any atom is 0.199 e. The highest BCUT2D eigenvalue weighted by atomic mass is 35.5. The summed E-state index contributed by atoms with van der Waals surface area (Å²) in [6.07, 6.45) is 2.25. The van der Waals surface area contributed by atoms with Crippen LogP contribution >= 0.6 is 11.6 Å². The number of likely N-dealkylation sites (N-methyl/N-ethyl adjacent to an activating group) is 1. The number of halogens is 2. The van der Waals surface area contributed by atoms with Crippen LogP contribution in [0.25, 0.3) is 0 Å². The first kappa shape index (κ1) is 12.9. The molecule has 1 aromatic heterocycles. The fourth-order valence-electron chi connectivity index (χ4n) is 2.80. The Hall–Kier alpha value is -1.07. The van der Waals surface area contributed by atoms with Crippen LogP contribution in [-0.2, 0) is 0 Å². The normalized spacial score (nSPS) is 23.3. The molecule has 2 aliphatic heterocycles. The molecule has 0 aliphatic carbocycles. The lowest BCUT2D eigenvalue weighted by Crippen LogP contribution is -2.53. The van der Waals surface area contributed by atoms with Gasteiger partial charge in [0.15, 0.2) is 17.4 Å². The Kier molecular flexibility index (Phi) is 3.50. The maximum absolute atomic E-state index is 14.0. The number of aromatic nitrogens is 1. The van der Waals surface area contributed by atoms with Crippen molar-refractivity contribution in [3.8, 4) is 5.75 Å². The summed E-state index contributed by atoms with van der Waals surface area (Å²) >= 11 is 5.78. The summed E-state index contributed by atoms with van der Waals surface area (Å²) in [7, 11) is 0. The quantitative estimate of drug-likeness (QED) is 0.791. The summed E-state index contributed by atoms with van der Waals surface area (Å²) in [5.41, 5.74) is 0. The van der Waals surface area contributed by atoms with E-state index in [0.717, 1.165) is 32.6 Å². The molecule has 1 aromatic rings. The standard InChI is InChI=1S/C13H17ClFN3O/c1-2-17-4-5-18-9(8-17)3-6-19-12-11(15)10(14)7-16-13(12)18/h7,9H,2-6,8H2,1H3/t9-/m1/s1. The van der Waals surface area contributed by atoms with Crippen LogP contribution in [0.1, 0.15) is 13.3 Å². The number of pyridine rings is 1. The van der Waals surface area contributed by atoms with Gasteiger partial charge in [-0.25, -0.2) is 9.37 Å². The van der Waals surface area contributed by atoms with E-state index >= 15 is 0 Å². The van der Waals surface area contributed by atoms with E-state index in [-0.39, 0.29) is 10.8 Å². The molecule has 4 nitrogen and oxygen atoms in total. The minimum atomic E-state index is -0.495. The molecule has 0 saturated carbocycles. The Bertz CT molecular complexity index is 485. The monoisotopic (exact) mass is 285 g/mol. The predicted molar refractivity (Wildman–Crippen MR) is 72.6 cm³/mol. The smallest absolute Gasteiger partial charge is 0.199 e. The van der Waals surface area contributed by atoms with Gasteiger partial charge in [0, 0.05) is 32.1 Å². The Balaban J connectivity index is 1.96. The van der Waals surface area contributed by atoms with Crippen LogP contribution in [0.2, 0.25) is 5.02 Å². The summed E-state index contributed by atoms with van der Waals surface area (Å²) in [6.45, 7) is 6.51. The molecular weight excluding hydrogens is 269 g/mol. The zero-order valence-corrected chi connectivity index (χ0v) is 11.7. The largest absolute Gasteiger partial charge is 0.487 e. The highest BCUT2D eigenvalue weighted by molar-refractivity contribution is 6.30. The molecule has 0 bridgehead atoms. The summed E-state index contributed by atoms with van der Waals surface area (Å²) in [5, 5.41) is 0.0180. The minimum Gasteiger partial charge on any atom is -0.487 e. The van der Waals surface area contributed by atoms with Crippen molar-refractivity contribution < 1.29 is 9.13 Å². The van der Waals surface area contributed by atoms with Gasteiger partial charge in [-0.1, -0.05) is 18.5 Å². The van der Waals surface area contributed by atoms with Gasteiger partial charge in [0.2, 0.25) is 0 Å². The number of hydrogen-bond donors (Lipinski definition) is 0. The SMILES string of the molecule is CCN1CCN2c3ncc(Cl)c(F)c3OCC[C@@H]2C1. The molecule has 0 amide bonds.